The highest BCUT2D eigenvalue weighted by molar-refractivity contribution is 7.22. The third-order valence-corrected chi connectivity index (χ3v) is 12.2. The van der Waals surface area contributed by atoms with Gasteiger partial charge >= 0.3 is 0 Å². The molecule has 0 aliphatic heterocycles. The number of hydrogen-bond donors (Lipinski definition) is 0. The number of thiophene rings is 1. The minimum Gasteiger partial charge on any atom is -0.455 e. The molecule has 0 bridgehead atoms. The Morgan fingerprint density at radius 2 is 1.24 bits per heavy atom. The summed E-state index contributed by atoms with van der Waals surface area (Å²) >= 11 is 1.94. The summed E-state index contributed by atoms with van der Waals surface area (Å²) in [4.78, 5) is 1.40. The lowest BCUT2D eigenvalue weighted by Crippen LogP contribution is -2.26. The van der Waals surface area contributed by atoms with E-state index in [-0.39, 0.29) is 5.41 Å². The number of para-hydroxylation sites is 2. The van der Waals surface area contributed by atoms with Crippen LogP contribution in [0.25, 0.3) is 65.2 Å². The Kier molecular flexibility index (Phi) is 5.88. The molecule has 50 heavy (non-hydrogen) atoms. The maximum Gasteiger partial charge on any atom is 0.142 e. The average molecular weight is 655 g/mol. The largest absolute Gasteiger partial charge is 0.455 e. The van der Waals surface area contributed by atoms with E-state index in [1.54, 1.807) is 0 Å². The molecule has 7 aromatic carbocycles. The number of furan rings is 1. The molecule has 11 rings (SSSR count). The third kappa shape index (κ3) is 3.77. The zero-order chi connectivity index (χ0) is 32.8. The highest BCUT2D eigenvalue weighted by atomic mass is 32.1. The summed E-state index contributed by atoms with van der Waals surface area (Å²) in [5.74, 6) is 0. The summed E-state index contributed by atoms with van der Waals surface area (Å²) in [6.07, 6.45) is 3.13. The number of rotatable bonds is 4. The van der Waals surface area contributed by atoms with E-state index in [1.807, 2.05) is 17.4 Å². The van der Waals surface area contributed by atoms with Gasteiger partial charge in [-0.05, 0) is 85.7 Å². The average Bonchev–Trinajstić information content (AvgIpc) is 3.90. The number of hydrogen-bond acceptors (Lipinski definition) is 2. The quantitative estimate of drug-likeness (QED) is 0.172. The zero-order valence-corrected chi connectivity index (χ0v) is 28.0. The van der Waals surface area contributed by atoms with Crippen molar-refractivity contribution in [1.82, 2.24) is 0 Å². The fraction of sp³-hybridized carbons (Fsp3) is 0.0417. The van der Waals surface area contributed by atoms with E-state index in [4.69, 9.17) is 4.42 Å². The Bertz CT molecular complexity index is 2850. The van der Waals surface area contributed by atoms with Crippen LogP contribution in [0.1, 0.15) is 38.9 Å². The molecule has 234 valence electrons. The van der Waals surface area contributed by atoms with Crippen molar-refractivity contribution in [2.24, 2.45) is 0 Å². The first-order valence-electron chi connectivity index (χ1n) is 17.3. The van der Waals surface area contributed by atoms with Crippen LogP contribution in [0.4, 0.5) is 0 Å². The summed E-state index contributed by atoms with van der Waals surface area (Å²) in [5, 5.41) is 3.66. The summed E-state index contributed by atoms with van der Waals surface area (Å²) < 4.78 is 7.83. The second kappa shape index (κ2) is 10.5. The minimum atomic E-state index is -0.371. The van der Waals surface area contributed by atoms with E-state index in [0.717, 1.165) is 33.9 Å². The molecular weight excluding hydrogens is 625 g/mol. The minimum absolute atomic E-state index is 0.371. The Labute approximate surface area is 294 Å². The molecule has 1 atom stereocenters. The SMILES string of the molecule is C(=C(\Cc1ccc2c(c1)C1(c3ccccc3-2)c2ccccc2-c2sc3ccccc3c21)c1ccccc1)/c1cccc2c1oc1ccccc12. The summed E-state index contributed by atoms with van der Waals surface area (Å²) in [6, 6.07) is 60.1. The van der Waals surface area contributed by atoms with Crippen molar-refractivity contribution in [3.8, 4) is 21.6 Å². The Balaban J connectivity index is 1.14. The second-order valence-electron chi connectivity index (χ2n) is 13.6. The summed E-state index contributed by atoms with van der Waals surface area (Å²) in [7, 11) is 0. The highest BCUT2D eigenvalue weighted by Gasteiger charge is 2.53. The molecule has 2 heteroatoms. The normalized spacial score (nSPS) is 15.9. The molecule has 0 radical (unpaired) electrons. The van der Waals surface area contributed by atoms with Gasteiger partial charge in [0.2, 0.25) is 0 Å². The van der Waals surface area contributed by atoms with Gasteiger partial charge in [0, 0.05) is 25.9 Å². The topological polar surface area (TPSA) is 13.1 Å². The zero-order valence-electron chi connectivity index (χ0n) is 27.2. The van der Waals surface area contributed by atoms with Gasteiger partial charge in [-0.2, -0.15) is 0 Å². The van der Waals surface area contributed by atoms with E-state index in [2.05, 4.69) is 164 Å². The smallest absolute Gasteiger partial charge is 0.142 e. The predicted molar refractivity (Wildman–Crippen MR) is 210 cm³/mol. The molecule has 1 spiro atoms. The highest BCUT2D eigenvalue weighted by Crippen LogP contribution is 2.66. The first-order valence-corrected chi connectivity index (χ1v) is 18.1. The summed E-state index contributed by atoms with van der Waals surface area (Å²) in [6.45, 7) is 0. The van der Waals surface area contributed by atoms with Crippen molar-refractivity contribution in [3.63, 3.8) is 0 Å². The standard InChI is InChI=1S/C48H30OS/c1-2-13-31(14-3-1)33(29-32-15-12-20-37-36-17-6-10-23-43(36)49-46(32)37)27-30-25-26-35-34-16-4-8-21-40(34)48(42(35)28-30)41-22-9-5-18-38(41)47-45(48)39-19-7-11-24-44(39)50-47/h1-26,28-29H,27H2/b33-29-. The first kappa shape index (κ1) is 27.9. The van der Waals surface area contributed by atoms with Crippen LogP contribution in [0.5, 0.6) is 0 Å². The van der Waals surface area contributed by atoms with Gasteiger partial charge in [0.15, 0.2) is 0 Å². The van der Waals surface area contributed by atoms with Gasteiger partial charge in [-0.15, -0.1) is 11.3 Å². The fourth-order valence-corrected chi connectivity index (χ4v) is 10.2. The lowest BCUT2D eigenvalue weighted by molar-refractivity contribution is 0.668. The van der Waals surface area contributed by atoms with E-state index in [1.165, 1.54) is 70.6 Å². The lowest BCUT2D eigenvalue weighted by atomic mass is 9.70. The molecule has 0 saturated carbocycles. The maximum absolute atomic E-state index is 6.48. The van der Waals surface area contributed by atoms with Crippen molar-refractivity contribution in [2.45, 2.75) is 11.8 Å². The molecule has 2 aliphatic carbocycles. The van der Waals surface area contributed by atoms with E-state index >= 15 is 0 Å². The van der Waals surface area contributed by atoms with Gasteiger partial charge in [-0.1, -0.05) is 152 Å². The molecule has 2 aliphatic rings. The van der Waals surface area contributed by atoms with Crippen LogP contribution < -0.4 is 0 Å². The fourth-order valence-electron chi connectivity index (χ4n) is 8.93. The predicted octanol–water partition coefficient (Wildman–Crippen LogP) is 12.9. The van der Waals surface area contributed by atoms with Crippen LogP contribution in [0.15, 0.2) is 168 Å². The van der Waals surface area contributed by atoms with Crippen LogP contribution in [0.3, 0.4) is 0 Å². The molecule has 0 fully saturated rings. The Hall–Kier alpha value is -5.96. The molecule has 2 heterocycles. The van der Waals surface area contributed by atoms with Gasteiger partial charge in [0.1, 0.15) is 11.2 Å². The number of benzene rings is 7. The van der Waals surface area contributed by atoms with Gasteiger partial charge in [-0.25, -0.2) is 0 Å². The van der Waals surface area contributed by atoms with Crippen LogP contribution in [0.2, 0.25) is 0 Å². The van der Waals surface area contributed by atoms with Crippen LogP contribution in [-0.4, -0.2) is 0 Å². The first-order chi connectivity index (χ1) is 24.8. The molecule has 0 N–H and O–H groups in total. The van der Waals surface area contributed by atoms with E-state index < -0.39 is 0 Å². The maximum atomic E-state index is 6.48. The van der Waals surface area contributed by atoms with Gasteiger partial charge < -0.3 is 4.42 Å². The third-order valence-electron chi connectivity index (χ3n) is 11.0. The van der Waals surface area contributed by atoms with Gasteiger partial charge in [0.05, 0.1) is 5.41 Å². The van der Waals surface area contributed by atoms with Crippen molar-refractivity contribution >= 4 is 55.0 Å². The van der Waals surface area contributed by atoms with Crippen LogP contribution in [-0.2, 0) is 11.8 Å². The lowest BCUT2D eigenvalue weighted by Gasteiger charge is -2.30. The summed E-state index contributed by atoms with van der Waals surface area (Å²) in [5.41, 5.74) is 16.0. The van der Waals surface area contributed by atoms with Gasteiger partial charge in [-0.3, -0.25) is 0 Å². The monoisotopic (exact) mass is 654 g/mol. The molecule has 9 aromatic rings. The van der Waals surface area contributed by atoms with E-state index in [9.17, 15) is 0 Å². The second-order valence-corrected chi connectivity index (χ2v) is 14.6. The molecular formula is C48H30OS. The van der Waals surface area contributed by atoms with Crippen molar-refractivity contribution in [1.29, 1.82) is 0 Å². The number of allylic oxidation sites excluding steroid dienone is 1. The molecule has 0 saturated heterocycles. The van der Waals surface area contributed by atoms with Crippen molar-refractivity contribution < 1.29 is 4.42 Å². The van der Waals surface area contributed by atoms with Crippen LogP contribution in [0, 0.1) is 0 Å². The Morgan fingerprint density at radius 1 is 0.560 bits per heavy atom. The molecule has 1 unspecified atom stereocenters. The van der Waals surface area contributed by atoms with Crippen molar-refractivity contribution in [2.75, 3.05) is 0 Å². The molecule has 1 nitrogen and oxygen atoms in total. The van der Waals surface area contributed by atoms with E-state index in [0.29, 0.717) is 0 Å². The Morgan fingerprint density at radius 3 is 2.12 bits per heavy atom. The molecule has 0 amide bonds. The van der Waals surface area contributed by atoms with Crippen molar-refractivity contribution in [3.05, 3.63) is 203 Å². The molecule has 2 aromatic heterocycles. The number of fused-ring (bicyclic) bond motifs is 15. The van der Waals surface area contributed by atoms with Gasteiger partial charge in [0.25, 0.3) is 0 Å². The van der Waals surface area contributed by atoms with Crippen LogP contribution >= 0.6 is 11.3 Å².